The van der Waals surface area contributed by atoms with Crippen LogP contribution < -0.4 is 11.1 Å². The van der Waals surface area contributed by atoms with Crippen molar-refractivity contribution in [2.24, 2.45) is 5.73 Å². The monoisotopic (exact) mass is 474 g/mol. The van der Waals surface area contributed by atoms with Crippen molar-refractivity contribution in [2.75, 3.05) is 12.4 Å². The number of aromatic nitrogens is 1. The van der Waals surface area contributed by atoms with Crippen molar-refractivity contribution >= 4 is 27.5 Å². The quantitative estimate of drug-likeness (QED) is 0.174. The molecule has 0 unspecified atom stereocenters. The second kappa shape index (κ2) is 12.7. The van der Waals surface area contributed by atoms with E-state index in [2.05, 4.69) is 10.3 Å². The Morgan fingerprint density at radius 1 is 1.15 bits per heavy atom. The molecule has 0 radical (unpaired) electrons. The van der Waals surface area contributed by atoms with Crippen LogP contribution in [0.1, 0.15) is 43.7 Å². The van der Waals surface area contributed by atoms with Gasteiger partial charge in [-0.15, -0.1) is 0 Å². The van der Waals surface area contributed by atoms with E-state index in [0.29, 0.717) is 12.0 Å². The summed E-state index contributed by atoms with van der Waals surface area (Å²) < 4.78 is 30.2. The van der Waals surface area contributed by atoms with Gasteiger partial charge in [-0.25, -0.2) is 13.4 Å². The number of carbonyl (C=O) groups excluding carboxylic acids is 2. The van der Waals surface area contributed by atoms with E-state index in [-0.39, 0.29) is 36.2 Å². The standard InChI is InChI=1S/C23H30N4O5S/c1-2-32-22(29)15-19(16-33(30,31)21-9-5-6-14-26-21)27-20(28)8-4-3-7-17-10-12-18(13-11-17)23(24)25/h5-6,9-14,19H,2-4,7-8,15-16H2,1H3,(H3,24,25)(H,27,28)/t19-/m0/s1. The minimum Gasteiger partial charge on any atom is -0.466 e. The number of unbranched alkanes of at least 4 members (excludes halogenated alkanes) is 1. The molecule has 0 spiro atoms. The second-order valence-corrected chi connectivity index (χ2v) is 9.52. The van der Waals surface area contributed by atoms with Gasteiger partial charge in [-0.2, -0.15) is 0 Å². The fourth-order valence-corrected chi connectivity index (χ4v) is 4.63. The molecule has 1 aromatic carbocycles. The summed E-state index contributed by atoms with van der Waals surface area (Å²) >= 11 is 0. The number of benzene rings is 1. The van der Waals surface area contributed by atoms with Crippen LogP contribution in [-0.2, 0) is 30.6 Å². The molecule has 0 aliphatic heterocycles. The summed E-state index contributed by atoms with van der Waals surface area (Å²) in [6, 6.07) is 11.0. The number of nitrogens with zero attached hydrogens (tertiary/aromatic N) is 1. The van der Waals surface area contributed by atoms with Gasteiger partial charge in [0, 0.05) is 18.2 Å². The average molecular weight is 475 g/mol. The molecule has 178 valence electrons. The molecular formula is C23H30N4O5S. The Hall–Kier alpha value is -3.27. The van der Waals surface area contributed by atoms with Crippen LogP contribution >= 0.6 is 0 Å². The van der Waals surface area contributed by atoms with E-state index < -0.39 is 27.6 Å². The third kappa shape index (κ3) is 9.01. The van der Waals surface area contributed by atoms with Gasteiger partial charge in [0.15, 0.2) is 14.9 Å². The zero-order valence-electron chi connectivity index (χ0n) is 18.6. The lowest BCUT2D eigenvalue weighted by Crippen LogP contribution is -2.41. The number of amidine groups is 1. The zero-order valence-corrected chi connectivity index (χ0v) is 19.4. The molecule has 9 nitrogen and oxygen atoms in total. The van der Waals surface area contributed by atoms with Crippen molar-refractivity contribution < 1.29 is 22.7 Å². The number of pyridine rings is 1. The topological polar surface area (TPSA) is 152 Å². The van der Waals surface area contributed by atoms with Gasteiger partial charge in [-0.1, -0.05) is 30.3 Å². The lowest BCUT2D eigenvalue weighted by Gasteiger charge is -2.18. The fraction of sp³-hybridized carbons (Fsp3) is 0.391. The number of rotatable bonds is 13. The first-order valence-electron chi connectivity index (χ1n) is 10.7. The van der Waals surface area contributed by atoms with Crippen LogP contribution in [0.2, 0.25) is 0 Å². The molecule has 0 aliphatic carbocycles. The third-order valence-electron chi connectivity index (χ3n) is 4.84. The van der Waals surface area contributed by atoms with E-state index in [4.69, 9.17) is 15.9 Å². The van der Waals surface area contributed by atoms with Crippen molar-refractivity contribution in [3.63, 3.8) is 0 Å². The molecule has 0 aliphatic rings. The first-order chi connectivity index (χ1) is 15.7. The summed E-state index contributed by atoms with van der Waals surface area (Å²) in [6.45, 7) is 1.82. The highest BCUT2D eigenvalue weighted by molar-refractivity contribution is 7.91. The minimum absolute atomic E-state index is 0.0145. The Balaban J connectivity index is 1.89. The average Bonchev–Trinajstić information content (AvgIpc) is 2.77. The van der Waals surface area contributed by atoms with Gasteiger partial charge in [-0.05, 0) is 43.9 Å². The lowest BCUT2D eigenvalue weighted by molar-refractivity contribution is -0.143. The summed E-state index contributed by atoms with van der Waals surface area (Å²) in [4.78, 5) is 28.2. The number of nitrogens with one attached hydrogen (secondary N) is 2. The molecular weight excluding hydrogens is 444 g/mol. The van der Waals surface area contributed by atoms with Crippen LogP contribution in [0.25, 0.3) is 0 Å². The predicted molar refractivity (Wildman–Crippen MR) is 124 cm³/mol. The van der Waals surface area contributed by atoms with Crippen molar-refractivity contribution in [3.05, 3.63) is 59.8 Å². The molecule has 0 fully saturated rings. The number of esters is 1. The van der Waals surface area contributed by atoms with Gasteiger partial charge < -0.3 is 15.8 Å². The molecule has 0 saturated heterocycles. The van der Waals surface area contributed by atoms with Crippen LogP contribution in [0.4, 0.5) is 0 Å². The molecule has 1 heterocycles. The molecule has 0 saturated carbocycles. The lowest BCUT2D eigenvalue weighted by atomic mass is 10.0. The summed E-state index contributed by atoms with van der Waals surface area (Å²) in [6.07, 6.45) is 3.44. The maximum Gasteiger partial charge on any atom is 0.307 e. The molecule has 10 heteroatoms. The van der Waals surface area contributed by atoms with Crippen LogP contribution in [0.3, 0.4) is 0 Å². The Kier molecular flexibility index (Phi) is 9.99. The number of nitrogens with two attached hydrogens (primary N) is 1. The smallest absolute Gasteiger partial charge is 0.307 e. The van der Waals surface area contributed by atoms with Crippen molar-refractivity contribution in [1.82, 2.24) is 10.3 Å². The van der Waals surface area contributed by atoms with E-state index in [1.807, 2.05) is 12.1 Å². The zero-order chi connectivity index (χ0) is 24.3. The summed E-state index contributed by atoms with van der Waals surface area (Å²) in [7, 11) is -3.79. The SMILES string of the molecule is CCOC(=O)C[C@@H](CS(=O)(=O)c1ccccn1)NC(=O)CCCCc1ccc(C(=N)N)cc1. The predicted octanol–water partition coefficient (Wildman–Crippen LogP) is 1.99. The third-order valence-corrected chi connectivity index (χ3v) is 6.56. The number of sulfone groups is 1. The largest absolute Gasteiger partial charge is 0.466 e. The molecule has 1 atom stereocenters. The van der Waals surface area contributed by atoms with Gasteiger partial charge in [-0.3, -0.25) is 15.0 Å². The van der Waals surface area contributed by atoms with Gasteiger partial charge in [0.2, 0.25) is 5.91 Å². The van der Waals surface area contributed by atoms with Gasteiger partial charge >= 0.3 is 5.97 Å². The molecule has 2 aromatic rings. The number of hydrogen-bond donors (Lipinski definition) is 3. The van der Waals surface area contributed by atoms with Crippen molar-refractivity contribution in [2.45, 2.75) is 50.1 Å². The summed E-state index contributed by atoms with van der Waals surface area (Å²) in [5, 5.41) is 9.97. The van der Waals surface area contributed by atoms with Gasteiger partial charge in [0.05, 0.1) is 24.8 Å². The maximum atomic E-state index is 12.7. The highest BCUT2D eigenvalue weighted by Crippen LogP contribution is 2.12. The Morgan fingerprint density at radius 2 is 1.88 bits per heavy atom. The van der Waals surface area contributed by atoms with Gasteiger partial charge in [0.1, 0.15) is 5.84 Å². The Labute approximate surface area is 194 Å². The van der Waals surface area contributed by atoms with Gasteiger partial charge in [0.25, 0.3) is 0 Å². The first-order valence-corrected chi connectivity index (χ1v) is 12.4. The van der Waals surface area contributed by atoms with Crippen LogP contribution in [-0.4, -0.2) is 49.5 Å². The van der Waals surface area contributed by atoms with E-state index in [1.165, 1.54) is 12.3 Å². The van der Waals surface area contributed by atoms with E-state index in [1.54, 1.807) is 31.2 Å². The highest BCUT2D eigenvalue weighted by atomic mass is 32.2. The molecule has 0 bridgehead atoms. The Morgan fingerprint density at radius 3 is 2.48 bits per heavy atom. The molecule has 4 N–H and O–H groups in total. The maximum absolute atomic E-state index is 12.7. The van der Waals surface area contributed by atoms with E-state index in [9.17, 15) is 18.0 Å². The normalized spacial score (nSPS) is 12.0. The number of nitrogen functional groups attached to an aromatic ring is 1. The molecule has 2 rings (SSSR count). The number of carbonyl (C=O) groups is 2. The molecule has 1 amide bonds. The molecule has 33 heavy (non-hydrogen) atoms. The van der Waals surface area contributed by atoms with Crippen LogP contribution in [0.15, 0.2) is 53.7 Å². The molecule has 1 aromatic heterocycles. The number of amides is 1. The number of aryl methyl sites for hydroxylation is 1. The second-order valence-electron chi connectivity index (χ2n) is 7.54. The summed E-state index contributed by atoms with van der Waals surface area (Å²) in [5.74, 6) is -1.34. The van der Waals surface area contributed by atoms with Crippen molar-refractivity contribution in [3.8, 4) is 0 Å². The fourth-order valence-electron chi connectivity index (χ4n) is 3.22. The van der Waals surface area contributed by atoms with E-state index in [0.717, 1.165) is 18.4 Å². The Bertz CT molecular complexity index is 1040. The van der Waals surface area contributed by atoms with E-state index >= 15 is 0 Å². The van der Waals surface area contributed by atoms with Crippen LogP contribution in [0, 0.1) is 5.41 Å². The highest BCUT2D eigenvalue weighted by Gasteiger charge is 2.26. The number of ether oxygens (including phenoxy) is 1. The minimum atomic E-state index is -3.79. The first kappa shape index (κ1) is 26.0. The van der Waals surface area contributed by atoms with Crippen molar-refractivity contribution in [1.29, 1.82) is 5.41 Å². The number of hydrogen-bond acceptors (Lipinski definition) is 7. The van der Waals surface area contributed by atoms with Crippen LogP contribution in [0.5, 0.6) is 0 Å². The summed E-state index contributed by atoms with van der Waals surface area (Å²) in [5.41, 5.74) is 7.18.